The zero-order valence-electron chi connectivity index (χ0n) is 10.7. The molecule has 0 radical (unpaired) electrons. The number of nitrogens with one attached hydrogen (secondary N) is 2. The molecule has 3 N–H and O–H groups in total. The molecule has 0 unspecified atom stereocenters. The normalized spacial score (nSPS) is 15.5. The second kappa shape index (κ2) is 4.89. The van der Waals surface area contributed by atoms with Crippen molar-refractivity contribution in [2.24, 2.45) is 0 Å². The minimum absolute atomic E-state index is 0.0843. The van der Waals surface area contributed by atoms with Crippen molar-refractivity contribution in [3.05, 3.63) is 34.5 Å². The average Bonchev–Trinajstić information content (AvgIpc) is 3.01. The van der Waals surface area contributed by atoms with Crippen LogP contribution < -0.4 is 10.4 Å². The van der Waals surface area contributed by atoms with Crippen molar-refractivity contribution in [3.63, 3.8) is 0 Å². The van der Waals surface area contributed by atoms with Gasteiger partial charge in [-0.15, -0.1) is 0 Å². The number of fused-ring (bicyclic) bond motifs is 1. The van der Waals surface area contributed by atoms with Crippen molar-refractivity contribution in [2.75, 3.05) is 11.6 Å². The van der Waals surface area contributed by atoms with E-state index in [2.05, 4.69) is 15.4 Å². The molecule has 0 spiro atoms. The van der Waals surface area contributed by atoms with Crippen molar-refractivity contribution in [2.45, 2.75) is 6.18 Å². The lowest BCUT2D eigenvalue weighted by Crippen LogP contribution is -2.29. The maximum Gasteiger partial charge on any atom is 0.417 e. The maximum absolute atomic E-state index is 12.8. The highest BCUT2D eigenvalue weighted by Gasteiger charge is 2.34. The van der Waals surface area contributed by atoms with Crippen molar-refractivity contribution >= 4 is 34.6 Å². The number of carboxylic acids is 1. The Hall–Kier alpha value is -2.26. The molecule has 0 bridgehead atoms. The number of carboxylic acid groups (broad SMARTS) is 1. The maximum atomic E-state index is 12.8. The van der Waals surface area contributed by atoms with E-state index in [1.165, 1.54) is 11.2 Å². The van der Waals surface area contributed by atoms with Crippen molar-refractivity contribution in [1.29, 1.82) is 0 Å². The molecule has 10 heteroatoms. The Bertz CT molecular complexity index is 800. The van der Waals surface area contributed by atoms with E-state index in [1.807, 2.05) is 0 Å². The molecule has 22 heavy (non-hydrogen) atoms. The molecule has 2 aromatic rings. The van der Waals surface area contributed by atoms with Crippen LogP contribution in [0.2, 0.25) is 5.02 Å². The number of alkyl halides is 3. The molecule has 2 heterocycles. The van der Waals surface area contributed by atoms with Crippen LogP contribution >= 0.6 is 11.6 Å². The number of hydrogen-bond donors (Lipinski definition) is 3. The van der Waals surface area contributed by atoms with Crippen LogP contribution in [0.25, 0.3) is 11.0 Å². The number of aromatic nitrogens is 2. The Morgan fingerprint density at radius 2 is 2.14 bits per heavy atom. The fourth-order valence-electron chi connectivity index (χ4n) is 2.03. The molecule has 0 aliphatic carbocycles. The van der Waals surface area contributed by atoms with Gasteiger partial charge in [-0.2, -0.15) is 13.2 Å². The predicted molar refractivity (Wildman–Crippen MR) is 72.3 cm³/mol. The van der Waals surface area contributed by atoms with E-state index in [-0.39, 0.29) is 29.1 Å². The summed E-state index contributed by atoms with van der Waals surface area (Å²) < 4.78 is 38.4. The van der Waals surface area contributed by atoms with Gasteiger partial charge in [0.25, 0.3) is 0 Å². The van der Waals surface area contributed by atoms with Crippen LogP contribution in [0.4, 0.5) is 19.1 Å². The summed E-state index contributed by atoms with van der Waals surface area (Å²) in [6, 6.07) is 1.98. The molecule has 1 aromatic heterocycles. The van der Waals surface area contributed by atoms with Crippen LogP contribution in [0.1, 0.15) is 5.56 Å². The third-order valence-corrected chi connectivity index (χ3v) is 3.40. The third kappa shape index (κ3) is 2.48. The zero-order chi connectivity index (χ0) is 16.1. The molecule has 0 saturated heterocycles. The minimum Gasteiger partial charge on any atom is -0.478 e. The fourth-order valence-corrected chi connectivity index (χ4v) is 2.30. The van der Waals surface area contributed by atoms with E-state index in [0.29, 0.717) is 0 Å². The summed E-state index contributed by atoms with van der Waals surface area (Å²) in [5.41, 5.74) is 2.26. The first kappa shape index (κ1) is 14.7. The van der Waals surface area contributed by atoms with Crippen LogP contribution in [0, 0.1) is 0 Å². The van der Waals surface area contributed by atoms with Gasteiger partial charge in [-0.3, -0.25) is 5.01 Å². The fraction of sp³-hybridized carbons (Fsp3) is 0.167. The van der Waals surface area contributed by atoms with E-state index < -0.39 is 22.7 Å². The summed E-state index contributed by atoms with van der Waals surface area (Å²) in [6.45, 7) is 0.0843. The van der Waals surface area contributed by atoms with Gasteiger partial charge in [-0.05, 0) is 12.1 Å². The highest BCUT2D eigenvalue weighted by molar-refractivity contribution is 6.32. The van der Waals surface area contributed by atoms with Gasteiger partial charge >= 0.3 is 12.1 Å². The van der Waals surface area contributed by atoms with Crippen LogP contribution in [0.5, 0.6) is 0 Å². The first-order chi connectivity index (χ1) is 10.3. The number of anilines is 1. The molecule has 6 nitrogen and oxygen atoms in total. The highest BCUT2D eigenvalue weighted by atomic mass is 35.5. The Balaban J connectivity index is 2.03. The number of aromatic amines is 1. The summed E-state index contributed by atoms with van der Waals surface area (Å²) >= 11 is 5.63. The van der Waals surface area contributed by atoms with Crippen LogP contribution in [-0.2, 0) is 11.0 Å². The summed E-state index contributed by atoms with van der Waals surface area (Å²) in [5, 5.41) is 9.72. The Morgan fingerprint density at radius 3 is 2.73 bits per heavy atom. The van der Waals surface area contributed by atoms with Crippen molar-refractivity contribution in [3.8, 4) is 0 Å². The Labute approximate surface area is 126 Å². The summed E-state index contributed by atoms with van der Waals surface area (Å²) in [4.78, 5) is 17.6. The lowest BCUT2D eigenvalue weighted by Gasteiger charge is -2.10. The molecule has 0 fully saturated rings. The van der Waals surface area contributed by atoms with E-state index in [4.69, 9.17) is 16.7 Å². The quantitative estimate of drug-likeness (QED) is 0.787. The van der Waals surface area contributed by atoms with Gasteiger partial charge < -0.3 is 10.1 Å². The number of rotatable bonds is 2. The smallest absolute Gasteiger partial charge is 0.417 e. The number of imidazole rings is 1. The monoisotopic (exact) mass is 332 g/mol. The third-order valence-electron chi connectivity index (χ3n) is 3.09. The van der Waals surface area contributed by atoms with Crippen LogP contribution in [-0.4, -0.2) is 27.6 Å². The number of hydrazine groups is 1. The molecular weight excluding hydrogens is 325 g/mol. The second-order valence-corrected chi connectivity index (χ2v) is 4.98. The van der Waals surface area contributed by atoms with Gasteiger partial charge in [0, 0.05) is 12.7 Å². The van der Waals surface area contributed by atoms with E-state index in [0.717, 1.165) is 12.1 Å². The Kier molecular flexibility index (Phi) is 3.26. The number of nitrogens with zero attached hydrogens (tertiary/aromatic N) is 2. The SMILES string of the molecule is O=C(O)C1=CN(c2nc3cc(Cl)c(C(F)(F)F)cc3[nH]2)NC1. The van der Waals surface area contributed by atoms with E-state index >= 15 is 0 Å². The number of hydrogen-bond acceptors (Lipinski definition) is 4. The van der Waals surface area contributed by atoms with Gasteiger partial charge in [0.1, 0.15) is 0 Å². The van der Waals surface area contributed by atoms with E-state index in [1.54, 1.807) is 0 Å². The minimum atomic E-state index is -4.57. The van der Waals surface area contributed by atoms with Crippen molar-refractivity contribution < 1.29 is 23.1 Å². The number of H-pyrrole nitrogens is 1. The number of carbonyl (C=O) groups is 1. The van der Waals surface area contributed by atoms with Gasteiger partial charge in [0.15, 0.2) is 0 Å². The highest BCUT2D eigenvalue weighted by Crippen LogP contribution is 2.37. The molecular formula is C12H8ClF3N4O2. The molecule has 3 rings (SSSR count). The first-order valence-electron chi connectivity index (χ1n) is 5.99. The van der Waals surface area contributed by atoms with Gasteiger partial charge in [0.2, 0.25) is 5.95 Å². The number of halogens is 4. The second-order valence-electron chi connectivity index (χ2n) is 4.57. The number of benzene rings is 1. The summed E-state index contributed by atoms with van der Waals surface area (Å²) in [7, 11) is 0. The molecule has 0 saturated carbocycles. The van der Waals surface area contributed by atoms with Gasteiger partial charge in [0.05, 0.1) is 27.2 Å². The summed E-state index contributed by atoms with van der Waals surface area (Å²) in [5.74, 6) is -0.921. The zero-order valence-corrected chi connectivity index (χ0v) is 11.5. The molecule has 0 amide bonds. The van der Waals surface area contributed by atoms with E-state index in [9.17, 15) is 18.0 Å². The number of aliphatic carboxylic acids is 1. The predicted octanol–water partition coefficient (Wildman–Crippen LogP) is 2.53. The van der Waals surface area contributed by atoms with Gasteiger partial charge in [-0.25, -0.2) is 15.2 Å². The molecule has 0 atom stereocenters. The molecule has 1 aliphatic heterocycles. The standard InChI is InChI=1S/C12H8ClF3N4O2/c13-7-2-9-8(1-6(7)12(14,15)16)18-11(19-9)20-4-5(3-17-20)10(21)22/h1-2,4,17H,3H2,(H,18,19)(H,21,22). The van der Waals surface area contributed by atoms with Crippen LogP contribution in [0.3, 0.4) is 0 Å². The summed E-state index contributed by atoms with van der Waals surface area (Å²) in [6.07, 6.45) is -3.27. The first-order valence-corrected chi connectivity index (χ1v) is 6.36. The lowest BCUT2D eigenvalue weighted by molar-refractivity contribution is -0.137. The molecule has 116 valence electrons. The van der Waals surface area contributed by atoms with Gasteiger partial charge in [-0.1, -0.05) is 11.6 Å². The van der Waals surface area contributed by atoms with Crippen molar-refractivity contribution in [1.82, 2.24) is 15.4 Å². The largest absolute Gasteiger partial charge is 0.478 e. The molecule has 1 aromatic carbocycles. The topological polar surface area (TPSA) is 81.2 Å². The molecule has 1 aliphatic rings. The van der Waals surface area contributed by atoms with Crippen LogP contribution in [0.15, 0.2) is 23.9 Å². The average molecular weight is 333 g/mol. The lowest BCUT2D eigenvalue weighted by atomic mass is 10.2. The Morgan fingerprint density at radius 1 is 1.41 bits per heavy atom.